The molecule has 0 aromatic heterocycles. The van der Waals surface area contributed by atoms with Gasteiger partial charge in [0, 0.05) is 11.8 Å². The number of ketones is 1. The molecule has 0 aliphatic heterocycles. The zero-order valence-corrected chi connectivity index (χ0v) is 6.67. The topological polar surface area (TPSA) is 60.2 Å². The van der Waals surface area contributed by atoms with Crippen molar-refractivity contribution in [2.45, 2.75) is 26.2 Å². The molecule has 1 fully saturated rings. The van der Waals surface area contributed by atoms with Gasteiger partial charge in [0.25, 0.3) is 0 Å². The van der Waals surface area contributed by atoms with Gasteiger partial charge in [-0.3, -0.25) is 9.59 Å². The molecule has 0 aromatic rings. The van der Waals surface area contributed by atoms with Gasteiger partial charge in [-0.05, 0) is 19.8 Å². The first-order chi connectivity index (χ1) is 5.13. The van der Waals surface area contributed by atoms with Crippen LogP contribution in [0, 0.1) is 11.8 Å². The molecule has 0 bridgehead atoms. The van der Waals surface area contributed by atoms with Gasteiger partial charge in [-0.2, -0.15) is 0 Å². The quantitative estimate of drug-likeness (QED) is 0.630. The zero-order valence-electron chi connectivity index (χ0n) is 6.67. The van der Waals surface area contributed by atoms with E-state index in [9.17, 15) is 9.59 Å². The van der Waals surface area contributed by atoms with Crippen molar-refractivity contribution in [3.63, 3.8) is 0 Å². The van der Waals surface area contributed by atoms with Crippen LogP contribution in [0.3, 0.4) is 0 Å². The van der Waals surface area contributed by atoms with E-state index in [0.717, 1.165) is 19.3 Å². The van der Waals surface area contributed by atoms with Crippen molar-refractivity contribution >= 4 is 11.7 Å². The highest BCUT2D eigenvalue weighted by Crippen LogP contribution is 2.31. The lowest BCUT2D eigenvalue weighted by molar-refractivity contribution is -0.129. The average Bonchev–Trinajstić information content (AvgIpc) is 2.32. The number of nitrogens with two attached hydrogens (primary N) is 1. The van der Waals surface area contributed by atoms with Crippen molar-refractivity contribution in [1.29, 1.82) is 0 Å². The minimum atomic E-state index is -0.317. The molecule has 1 saturated carbocycles. The van der Waals surface area contributed by atoms with Gasteiger partial charge in [0.1, 0.15) is 5.78 Å². The molecule has 11 heavy (non-hydrogen) atoms. The van der Waals surface area contributed by atoms with E-state index in [2.05, 4.69) is 0 Å². The molecule has 3 nitrogen and oxygen atoms in total. The van der Waals surface area contributed by atoms with Crippen LogP contribution in [0.4, 0.5) is 0 Å². The molecule has 0 spiro atoms. The summed E-state index contributed by atoms with van der Waals surface area (Å²) in [5, 5.41) is 0. The van der Waals surface area contributed by atoms with Gasteiger partial charge in [-0.1, -0.05) is 6.42 Å². The van der Waals surface area contributed by atoms with Crippen LogP contribution in [-0.2, 0) is 9.59 Å². The summed E-state index contributed by atoms with van der Waals surface area (Å²) in [4.78, 5) is 21.7. The molecule has 2 atom stereocenters. The molecule has 0 radical (unpaired) electrons. The number of primary amides is 1. The standard InChI is InChI=1S/C8H13NO2/c1-5(10)6-3-2-4-7(6)8(9)11/h6-7H,2-4H2,1H3,(H2,9,11). The summed E-state index contributed by atoms with van der Waals surface area (Å²) in [7, 11) is 0. The molecule has 1 rings (SSSR count). The van der Waals surface area contributed by atoms with E-state index in [1.54, 1.807) is 0 Å². The second kappa shape index (κ2) is 3.03. The predicted octanol–water partition coefficient (Wildman–Crippen LogP) is 0.477. The van der Waals surface area contributed by atoms with Crippen LogP contribution in [0.15, 0.2) is 0 Å². The van der Waals surface area contributed by atoms with Gasteiger partial charge in [-0.25, -0.2) is 0 Å². The third-order valence-electron chi connectivity index (χ3n) is 2.40. The van der Waals surface area contributed by atoms with Crippen molar-refractivity contribution in [1.82, 2.24) is 0 Å². The third kappa shape index (κ3) is 1.59. The highest BCUT2D eigenvalue weighted by molar-refractivity contribution is 5.87. The Morgan fingerprint density at radius 2 is 1.82 bits per heavy atom. The fourth-order valence-electron chi connectivity index (χ4n) is 1.79. The molecule has 0 heterocycles. The van der Waals surface area contributed by atoms with Crippen LogP contribution < -0.4 is 5.73 Å². The predicted molar refractivity (Wildman–Crippen MR) is 40.7 cm³/mol. The van der Waals surface area contributed by atoms with E-state index in [4.69, 9.17) is 5.73 Å². The maximum absolute atomic E-state index is 11.0. The van der Waals surface area contributed by atoms with E-state index < -0.39 is 0 Å². The summed E-state index contributed by atoms with van der Waals surface area (Å²) in [6, 6.07) is 0. The Morgan fingerprint density at radius 1 is 1.27 bits per heavy atom. The fraction of sp³-hybridized carbons (Fsp3) is 0.750. The zero-order chi connectivity index (χ0) is 8.43. The summed E-state index contributed by atoms with van der Waals surface area (Å²) in [5.74, 6) is -0.492. The minimum absolute atomic E-state index is 0.0903. The van der Waals surface area contributed by atoms with E-state index >= 15 is 0 Å². The highest BCUT2D eigenvalue weighted by atomic mass is 16.1. The summed E-state index contributed by atoms with van der Waals surface area (Å²) in [5.41, 5.74) is 5.13. The van der Waals surface area contributed by atoms with Gasteiger partial charge >= 0.3 is 0 Å². The molecule has 2 N–H and O–H groups in total. The normalized spacial score (nSPS) is 30.3. The lowest BCUT2D eigenvalue weighted by atomic mass is 9.92. The van der Waals surface area contributed by atoms with E-state index in [1.807, 2.05) is 0 Å². The number of carbonyl (C=O) groups excluding carboxylic acids is 2. The molecule has 1 aliphatic carbocycles. The van der Waals surface area contributed by atoms with Crippen LogP contribution in [0.25, 0.3) is 0 Å². The Morgan fingerprint density at radius 3 is 2.18 bits per heavy atom. The Balaban J connectivity index is 2.65. The molecular formula is C8H13NO2. The lowest BCUT2D eigenvalue weighted by Crippen LogP contribution is -2.29. The monoisotopic (exact) mass is 155 g/mol. The van der Waals surface area contributed by atoms with Gasteiger partial charge < -0.3 is 5.73 Å². The van der Waals surface area contributed by atoms with Crippen molar-refractivity contribution < 1.29 is 9.59 Å². The van der Waals surface area contributed by atoms with Crippen molar-refractivity contribution in [2.24, 2.45) is 17.6 Å². The first-order valence-corrected chi connectivity index (χ1v) is 3.92. The number of rotatable bonds is 2. The summed E-state index contributed by atoms with van der Waals surface area (Å²) >= 11 is 0. The third-order valence-corrected chi connectivity index (χ3v) is 2.40. The van der Waals surface area contributed by atoms with Gasteiger partial charge in [0.15, 0.2) is 0 Å². The number of hydrogen-bond donors (Lipinski definition) is 1. The summed E-state index contributed by atoms with van der Waals surface area (Å²) in [6.45, 7) is 1.53. The number of carbonyl (C=O) groups is 2. The molecule has 1 aliphatic rings. The Bertz CT molecular complexity index is 169. The molecule has 0 saturated heterocycles. The number of amides is 1. The SMILES string of the molecule is CC(=O)C1CCCC1C(N)=O. The maximum atomic E-state index is 11.0. The largest absolute Gasteiger partial charge is 0.369 e. The molecule has 62 valence electrons. The number of hydrogen-bond acceptors (Lipinski definition) is 2. The van der Waals surface area contributed by atoms with Crippen LogP contribution >= 0.6 is 0 Å². The van der Waals surface area contributed by atoms with Gasteiger partial charge in [-0.15, -0.1) is 0 Å². The Hall–Kier alpha value is -0.860. The van der Waals surface area contributed by atoms with Gasteiger partial charge in [0.2, 0.25) is 5.91 Å². The minimum Gasteiger partial charge on any atom is -0.369 e. The van der Waals surface area contributed by atoms with Crippen molar-refractivity contribution in [3.05, 3.63) is 0 Å². The van der Waals surface area contributed by atoms with Gasteiger partial charge in [0.05, 0.1) is 0 Å². The molecular weight excluding hydrogens is 142 g/mol. The molecule has 2 unspecified atom stereocenters. The van der Waals surface area contributed by atoms with Crippen LogP contribution in [0.2, 0.25) is 0 Å². The van der Waals surface area contributed by atoms with Crippen molar-refractivity contribution in [3.8, 4) is 0 Å². The molecule has 0 aromatic carbocycles. The lowest BCUT2D eigenvalue weighted by Gasteiger charge is -2.11. The summed E-state index contributed by atoms with van der Waals surface area (Å²) in [6.07, 6.45) is 2.58. The Labute approximate surface area is 66.0 Å². The fourth-order valence-corrected chi connectivity index (χ4v) is 1.79. The van der Waals surface area contributed by atoms with Crippen LogP contribution in [0.5, 0.6) is 0 Å². The Kier molecular flexibility index (Phi) is 2.27. The smallest absolute Gasteiger partial charge is 0.221 e. The highest BCUT2D eigenvalue weighted by Gasteiger charge is 2.34. The maximum Gasteiger partial charge on any atom is 0.221 e. The second-order valence-electron chi connectivity index (χ2n) is 3.16. The first kappa shape index (κ1) is 8.24. The van der Waals surface area contributed by atoms with E-state index in [0.29, 0.717) is 0 Å². The van der Waals surface area contributed by atoms with Crippen molar-refractivity contribution in [2.75, 3.05) is 0 Å². The van der Waals surface area contributed by atoms with Crippen LogP contribution in [0.1, 0.15) is 26.2 Å². The van der Waals surface area contributed by atoms with Crippen LogP contribution in [-0.4, -0.2) is 11.7 Å². The van der Waals surface area contributed by atoms with E-state index in [-0.39, 0.29) is 23.5 Å². The first-order valence-electron chi connectivity index (χ1n) is 3.92. The van der Waals surface area contributed by atoms with E-state index in [1.165, 1.54) is 6.92 Å². The molecule has 3 heteroatoms. The molecule has 1 amide bonds. The second-order valence-corrected chi connectivity index (χ2v) is 3.16. The summed E-state index contributed by atoms with van der Waals surface area (Å²) < 4.78 is 0. The average molecular weight is 155 g/mol. The number of Topliss-reactive ketones (excluding diaryl/α,β-unsaturated/α-hetero) is 1.